The number of hydrogen-bond acceptors (Lipinski definition) is 4. The predicted molar refractivity (Wildman–Crippen MR) is 122 cm³/mol. The lowest BCUT2D eigenvalue weighted by atomic mass is 9.74. The molecule has 0 bridgehead atoms. The number of aromatic amines is 1. The minimum atomic E-state index is -0.846. The van der Waals surface area contributed by atoms with E-state index in [0.717, 1.165) is 16.7 Å². The van der Waals surface area contributed by atoms with Crippen LogP contribution in [0.25, 0.3) is 11.1 Å². The number of nitrogens with zero attached hydrogens (tertiary/aromatic N) is 2. The fourth-order valence-corrected chi connectivity index (χ4v) is 4.32. The summed E-state index contributed by atoms with van der Waals surface area (Å²) in [5.41, 5.74) is 9.24. The van der Waals surface area contributed by atoms with Gasteiger partial charge in [0.2, 0.25) is 5.91 Å². The zero-order valence-corrected chi connectivity index (χ0v) is 18.0. The van der Waals surface area contributed by atoms with Gasteiger partial charge in [0.15, 0.2) is 0 Å². The van der Waals surface area contributed by atoms with Gasteiger partial charge in [0.25, 0.3) is 11.5 Å². The third-order valence-electron chi connectivity index (χ3n) is 6.17. The smallest absolute Gasteiger partial charge is 0.274 e. The van der Waals surface area contributed by atoms with E-state index in [9.17, 15) is 14.4 Å². The largest absolute Gasteiger partial charge is 0.369 e. The molecule has 2 aromatic carbocycles. The van der Waals surface area contributed by atoms with E-state index in [2.05, 4.69) is 41.4 Å². The Morgan fingerprint density at radius 2 is 1.69 bits per heavy atom. The van der Waals surface area contributed by atoms with Gasteiger partial charge in [-0.05, 0) is 48.9 Å². The quantitative estimate of drug-likeness (QED) is 0.649. The van der Waals surface area contributed by atoms with Crippen LogP contribution in [0, 0.1) is 12.3 Å². The van der Waals surface area contributed by atoms with Crippen LogP contribution in [-0.4, -0.2) is 40.0 Å². The Labute approximate surface area is 186 Å². The molecule has 0 saturated carbocycles. The highest BCUT2D eigenvalue weighted by atomic mass is 16.2. The first-order valence-corrected chi connectivity index (χ1v) is 10.7. The van der Waals surface area contributed by atoms with Crippen LogP contribution >= 0.6 is 0 Å². The van der Waals surface area contributed by atoms with Crippen molar-refractivity contribution in [2.45, 2.75) is 26.2 Å². The lowest BCUT2D eigenvalue weighted by molar-refractivity contribution is -0.130. The normalized spacial score (nSPS) is 18.3. The van der Waals surface area contributed by atoms with Gasteiger partial charge in [-0.3, -0.25) is 14.4 Å². The Morgan fingerprint density at radius 3 is 2.28 bits per heavy atom. The van der Waals surface area contributed by atoms with Crippen molar-refractivity contribution in [3.05, 3.63) is 87.8 Å². The summed E-state index contributed by atoms with van der Waals surface area (Å²) < 4.78 is 0. The topological polar surface area (TPSA) is 109 Å². The monoisotopic (exact) mass is 430 g/mol. The maximum atomic E-state index is 12.9. The van der Waals surface area contributed by atoms with Gasteiger partial charge in [-0.25, -0.2) is 5.10 Å². The van der Waals surface area contributed by atoms with Crippen LogP contribution < -0.4 is 11.3 Å². The van der Waals surface area contributed by atoms with E-state index in [1.807, 2.05) is 24.3 Å². The van der Waals surface area contributed by atoms with Crippen LogP contribution in [-0.2, 0) is 11.2 Å². The zero-order valence-electron chi connectivity index (χ0n) is 18.0. The van der Waals surface area contributed by atoms with Gasteiger partial charge >= 0.3 is 0 Å². The number of H-pyrrole nitrogens is 1. The molecule has 3 aromatic rings. The number of carbonyl (C=O) groups excluding carboxylic acids is 2. The maximum Gasteiger partial charge on any atom is 0.274 e. The first kappa shape index (κ1) is 21.5. The molecule has 164 valence electrons. The van der Waals surface area contributed by atoms with Gasteiger partial charge < -0.3 is 10.6 Å². The maximum absolute atomic E-state index is 12.9. The zero-order chi connectivity index (χ0) is 22.7. The molecule has 3 N–H and O–H groups in total. The van der Waals surface area contributed by atoms with Crippen molar-refractivity contribution in [3.63, 3.8) is 0 Å². The number of primary amides is 1. The number of rotatable bonds is 5. The SMILES string of the molecule is Cc1ccc(-c2ccc(C[C@@]3(C(N)=O)CCCN(C(=O)c4ccc(=O)[nH]n4)C3)cc2)cc1. The van der Waals surface area contributed by atoms with Crippen LogP contribution in [0.5, 0.6) is 0 Å². The molecule has 1 aromatic heterocycles. The number of likely N-dealkylation sites (tertiary alicyclic amines) is 1. The lowest BCUT2D eigenvalue weighted by Gasteiger charge is -2.40. The highest BCUT2D eigenvalue weighted by molar-refractivity contribution is 5.93. The summed E-state index contributed by atoms with van der Waals surface area (Å²) >= 11 is 0. The lowest BCUT2D eigenvalue weighted by Crippen LogP contribution is -2.53. The second-order valence-corrected chi connectivity index (χ2v) is 8.52. The van der Waals surface area contributed by atoms with E-state index in [4.69, 9.17) is 5.73 Å². The average molecular weight is 431 g/mol. The van der Waals surface area contributed by atoms with Gasteiger partial charge in [-0.1, -0.05) is 54.1 Å². The van der Waals surface area contributed by atoms with Crippen LogP contribution in [0.1, 0.15) is 34.5 Å². The molecule has 0 radical (unpaired) electrons. The molecule has 7 nitrogen and oxygen atoms in total. The van der Waals surface area contributed by atoms with Crippen LogP contribution in [0.4, 0.5) is 0 Å². The van der Waals surface area contributed by atoms with Crippen LogP contribution in [0.3, 0.4) is 0 Å². The predicted octanol–water partition coefficient (Wildman–Crippen LogP) is 2.70. The minimum absolute atomic E-state index is 0.146. The van der Waals surface area contributed by atoms with Gasteiger partial charge in [0, 0.05) is 19.2 Å². The highest BCUT2D eigenvalue weighted by Crippen LogP contribution is 2.34. The Bertz CT molecular complexity index is 1160. The van der Waals surface area contributed by atoms with E-state index >= 15 is 0 Å². The molecule has 0 aliphatic carbocycles. The molecule has 1 fully saturated rings. The van der Waals surface area contributed by atoms with Crippen molar-refractivity contribution in [2.75, 3.05) is 13.1 Å². The Balaban J connectivity index is 1.53. The molecule has 1 aliphatic rings. The van der Waals surface area contributed by atoms with Crippen molar-refractivity contribution in [1.82, 2.24) is 15.1 Å². The Hall–Kier alpha value is -3.74. The summed E-state index contributed by atoms with van der Waals surface area (Å²) in [5.74, 6) is -0.728. The molecule has 2 heterocycles. The van der Waals surface area contributed by atoms with Crippen LogP contribution in [0.15, 0.2) is 65.5 Å². The van der Waals surface area contributed by atoms with Gasteiger partial charge in [0.05, 0.1) is 5.41 Å². The molecule has 32 heavy (non-hydrogen) atoms. The Morgan fingerprint density at radius 1 is 1.03 bits per heavy atom. The summed E-state index contributed by atoms with van der Waals surface area (Å²) in [4.78, 5) is 38.3. The number of piperidine rings is 1. The molecule has 1 atom stereocenters. The molecule has 4 rings (SSSR count). The van der Waals surface area contributed by atoms with Crippen molar-refractivity contribution < 1.29 is 9.59 Å². The molecular weight excluding hydrogens is 404 g/mol. The minimum Gasteiger partial charge on any atom is -0.369 e. The fourth-order valence-electron chi connectivity index (χ4n) is 4.32. The Kier molecular flexibility index (Phi) is 5.90. The van der Waals surface area contributed by atoms with E-state index in [1.165, 1.54) is 17.7 Å². The first-order chi connectivity index (χ1) is 15.4. The van der Waals surface area contributed by atoms with Crippen LogP contribution in [0.2, 0.25) is 0 Å². The van der Waals surface area contributed by atoms with Crippen molar-refractivity contribution in [3.8, 4) is 11.1 Å². The number of aromatic nitrogens is 2. The molecular formula is C25H26N4O3. The fraction of sp³-hybridized carbons (Fsp3) is 0.280. The number of hydrogen-bond donors (Lipinski definition) is 2. The van der Waals surface area contributed by atoms with Gasteiger partial charge in [-0.2, -0.15) is 5.10 Å². The van der Waals surface area contributed by atoms with Crippen molar-refractivity contribution in [1.29, 1.82) is 0 Å². The number of aryl methyl sites for hydroxylation is 1. The van der Waals surface area contributed by atoms with E-state index in [1.54, 1.807) is 4.90 Å². The van der Waals surface area contributed by atoms with E-state index in [-0.39, 0.29) is 23.7 Å². The second-order valence-electron chi connectivity index (χ2n) is 8.52. The standard InChI is InChI=1S/C25H26N4O3/c1-17-3-7-19(8-4-17)20-9-5-18(6-10-20)15-25(24(26)32)13-2-14-29(16-25)23(31)21-11-12-22(30)28-27-21/h3-12H,2,13-16H2,1H3,(H2,26,32)(H,28,30)/t25-/m0/s1. The summed E-state index contributed by atoms with van der Waals surface area (Å²) in [5, 5.41) is 6.11. The van der Waals surface area contributed by atoms with Crippen molar-refractivity contribution in [2.24, 2.45) is 11.1 Å². The summed E-state index contributed by atoms with van der Waals surface area (Å²) in [6, 6.07) is 19.1. The summed E-state index contributed by atoms with van der Waals surface area (Å²) in [6.45, 7) is 2.80. The number of nitrogens with two attached hydrogens (primary N) is 1. The second kappa shape index (κ2) is 8.78. The molecule has 0 spiro atoms. The third-order valence-corrected chi connectivity index (χ3v) is 6.17. The highest BCUT2D eigenvalue weighted by Gasteiger charge is 2.42. The average Bonchev–Trinajstić information content (AvgIpc) is 2.80. The van der Waals surface area contributed by atoms with E-state index < -0.39 is 11.3 Å². The molecule has 2 amide bonds. The summed E-state index contributed by atoms with van der Waals surface area (Å²) in [7, 11) is 0. The molecule has 7 heteroatoms. The molecule has 0 unspecified atom stereocenters. The van der Waals surface area contributed by atoms with Crippen molar-refractivity contribution >= 4 is 11.8 Å². The van der Waals surface area contributed by atoms with Gasteiger partial charge in [0.1, 0.15) is 5.69 Å². The van der Waals surface area contributed by atoms with Gasteiger partial charge in [-0.15, -0.1) is 0 Å². The first-order valence-electron chi connectivity index (χ1n) is 10.7. The number of nitrogens with one attached hydrogen (secondary N) is 1. The van der Waals surface area contributed by atoms with E-state index in [0.29, 0.717) is 25.8 Å². The molecule has 1 aliphatic heterocycles. The number of amides is 2. The molecule has 1 saturated heterocycles. The number of carbonyl (C=O) groups is 2. The third kappa shape index (κ3) is 4.46. The number of benzene rings is 2. The summed E-state index contributed by atoms with van der Waals surface area (Å²) in [6.07, 6.45) is 1.74.